The summed E-state index contributed by atoms with van der Waals surface area (Å²) in [5.41, 5.74) is 5.00. The second-order valence-electron chi connectivity index (χ2n) is 4.44. The molecule has 1 fully saturated rings. The first-order valence-electron chi connectivity index (χ1n) is 4.98. The first kappa shape index (κ1) is 12.4. The Bertz CT molecular complexity index is 344. The molecule has 1 amide bonds. The fourth-order valence-electron chi connectivity index (χ4n) is 1.41. The van der Waals surface area contributed by atoms with Gasteiger partial charge in [-0.15, -0.1) is 0 Å². The van der Waals surface area contributed by atoms with Gasteiger partial charge in [0.15, 0.2) is 0 Å². The normalized spacial score (nSPS) is 20.7. The molecular weight excluding hydrogens is 216 g/mol. The molecule has 3 N–H and O–H groups in total. The van der Waals surface area contributed by atoms with Crippen LogP contribution in [0.5, 0.6) is 0 Å². The second kappa shape index (κ2) is 4.09. The molecular formula is C9H18N2O3S. The van der Waals surface area contributed by atoms with Crippen LogP contribution in [0, 0.1) is 5.92 Å². The maximum absolute atomic E-state index is 11.6. The predicted octanol–water partition coefficient (Wildman–Crippen LogP) is -0.725. The van der Waals surface area contributed by atoms with E-state index in [1.807, 2.05) is 0 Å². The number of rotatable bonds is 5. The summed E-state index contributed by atoms with van der Waals surface area (Å²) in [6.45, 7) is 1.83. The van der Waals surface area contributed by atoms with Crippen molar-refractivity contribution in [3.8, 4) is 0 Å². The third-order valence-electron chi connectivity index (χ3n) is 2.67. The van der Waals surface area contributed by atoms with Crippen LogP contribution in [0.25, 0.3) is 0 Å². The molecule has 1 atom stereocenters. The number of nitrogens with one attached hydrogen (secondary N) is 1. The van der Waals surface area contributed by atoms with E-state index in [-0.39, 0.29) is 24.1 Å². The van der Waals surface area contributed by atoms with Crippen molar-refractivity contribution < 1.29 is 13.2 Å². The molecule has 0 aromatic rings. The van der Waals surface area contributed by atoms with Crippen LogP contribution in [0.15, 0.2) is 0 Å². The van der Waals surface area contributed by atoms with Gasteiger partial charge >= 0.3 is 0 Å². The summed E-state index contributed by atoms with van der Waals surface area (Å²) in [7, 11) is -3.03. The molecule has 6 heteroatoms. The van der Waals surface area contributed by atoms with Crippen molar-refractivity contribution in [2.75, 3.05) is 18.6 Å². The number of sulfone groups is 1. The second-order valence-corrected chi connectivity index (χ2v) is 6.70. The fourth-order valence-corrected chi connectivity index (χ4v) is 1.88. The average Bonchev–Trinajstić information content (AvgIpc) is 2.83. The summed E-state index contributed by atoms with van der Waals surface area (Å²) in [6, 6.07) is 0. The van der Waals surface area contributed by atoms with Crippen LogP contribution in [0.1, 0.15) is 19.8 Å². The fraction of sp³-hybridized carbons (Fsp3) is 0.889. The molecule has 0 aromatic carbocycles. The Morgan fingerprint density at radius 2 is 2.07 bits per heavy atom. The van der Waals surface area contributed by atoms with E-state index in [1.54, 1.807) is 6.92 Å². The smallest absolute Gasteiger partial charge is 0.240 e. The summed E-state index contributed by atoms with van der Waals surface area (Å²) in [4.78, 5) is 11.6. The molecule has 1 saturated carbocycles. The largest absolute Gasteiger partial charge is 0.353 e. The minimum absolute atomic E-state index is 0.0422. The zero-order valence-electron chi connectivity index (χ0n) is 9.12. The van der Waals surface area contributed by atoms with Crippen molar-refractivity contribution in [2.45, 2.75) is 25.3 Å². The Kier molecular flexibility index (Phi) is 3.40. The third-order valence-corrected chi connectivity index (χ3v) is 3.62. The lowest BCUT2D eigenvalue weighted by Crippen LogP contribution is -2.54. The molecule has 0 heterocycles. The van der Waals surface area contributed by atoms with E-state index >= 15 is 0 Å². The molecule has 1 rings (SSSR count). The van der Waals surface area contributed by atoms with Crippen LogP contribution in [-0.2, 0) is 14.6 Å². The van der Waals surface area contributed by atoms with Crippen molar-refractivity contribution in [1.29, 1.82) is 0 Å². The van der Waals surface area contributed by atoms with Crippen LogP contribution in [0.2, 0.25) is 0 Å². The van der Waals surface area contributed by atoms with Crippen molar-refractivity contribution in [2.24, 2.45) is 11.7 Å². The molecule has 5 nitrogen and oxygen atoms in total. The molecule has 0 bridgehead atoms. The van der Waals surface area contributed by atoms with Crippen molar-refractivity contribution in [3.63, 3.8) is 0 Å². The number of amides is 1. The molecule has 0 aliphatic heterocycles. The van der Waals surface area contributed by atoms with Crippen LogP contribution < -0.4 is 11.1 Å². The van der Waals surface area contributed by atoms with Gasteiger partial charge in [-0.3, -0.25) is 4.79 Å². The summed E-state index contributed by atoms with van der Waals surface area (Å²) in [5.74, 6) is -0.0520. The number of nitrogens with two attached hydrogens (primary N) is 1. The highest BCUT2D eigenvalue weighted by atomic mass is 32.2. The number of carbonyl (C=O) groups excluding carboxylic acids is 1. The van der Waals surface area contributed by atoms with Crippen LogP contribution in [-0.4, -0.2) is 38.4 Å². The van der Waals surface area contributed by atoms with Gasteiger partial charge in [-0.25, -0.2) is 8.42 Å². The summed E-state index contributed by atoms with van der Waals surface area (Å²) < 4.78 is 21.7. The van der Waals surface area contributed by atoms with Gasteiger partial charge in [-0.1, -0.05) is 0 Å². The monoisotopic (exact) mass is 234 g/mol. The summed E-state index contributed by atoms with van der Waals surface area (Å²) in [6.07, 6.45) is 3.10. The highest BCUT2D eigenvalue weighted by Gasteiger charge is 2.43. The lowest BCUT2D eigenvalue weighted by Gasteiger charge is -2.22. The van der Waals surface area contributed by atoms with Gasteiger partial charge in [0, 0.05) is 12.8 Å². The van der Waals surface area contributed by atoms with Gasteiger partial charge in [0.25, 0.3) is 0 Å². The molecule has 1 aliphatic rings. The molecule has 0 aromatic heterocycles. The SMILES string of the molecule is CC(N)(C(=O)NCCS(C)(=O)=O)C1CC1. The van der Waals surface area contributed by atoms with Crippen molar-refractivity contribution in [1.82, 2.24) is 5.32 Å². The van der Waals surface area contributed by atoms with Gasteiger partial charge in [0.05, 0.1) is 11.3 Å². The summed E-state index contributed by atoms with van der Waals surface area (Å²) >= 11 is 0. The van der Waals surface area contributed by atoms with E-state index in [2.05, 4.69) is 5.32 Å². The molecule has 88 valence electrons. The molecule has 15 heavy (non-hydrogen) atoms. The van der Waals surface area contributed by atoms with E-state index in [4.69, 9.17) is 5.73 Å². The first-order valence-corrected chi connectivity index (χ1v) is 7.04. The maximum Gasteiger partial charge on any atom is 0.240 e. The Morgan fingerprint density at radius 1 is 1.53 bits per heavy atom. The van der Waals surface area contributed by atoms with Gasteiger partial charge in [0.1, 0.15) is 9.84 Å². The molecule has 0 radical (unpaired) electrons. The quantitative estimate of drug-likeness (QED) is 0.656. The highest BCUT2D eigenvalue weighted by molar-refractivity contribution is 7.90. The standard InChI is InChI=1S/C9H18N2O3S/c1-9(10,7-3-4-7)8(12)11-5-6-15(2,13)14/h7H,3-6,10H2,1-2H3,(H,11,12). The van der Waals surface area contributed by atoms with Gasteiger partial charge < -0.3 is 11.1 Å². The minimum atomic E-state index is -3.03. The first-order chi connectivity index (χ1) is 6.73. The van der Waals surface area contributed by atoms with Crippen LogP contribution >= 0.6 is 0 Å². The zero-order chi connectivity index (χ0) is 11.7. The average molecular weight is 234 g/mol. The zero-order valence-corrected chi connectivity index (χ0v) is 9.93. The van der Waals surface area contributed by atoms with Crippen LogP contribution in [0.3, 0.4) is 0 Å². The molecule has 1 aliphatic carbocycles. The minimum Gasteiger partial charge on any atom is -0.353 e. The van der Waals surface area contributed by atoms with E-state index in [1.165, 1.54) is 0 Å². The molecule has 0 saturated heterocycles. The Hall–Kier alpha value is -0.620. The van der Waals surface area contributed by atoms with E-state index < -0.39 is 15.4 Å². The Balaban J connectivity index is 2.36. The number of carbonyl (C=O) groups is 1. The van der Waals surface area contributed by atoms with Gasteiger partial charge in [-0.05, 0) is 25.7 Å². The highest BCUT2D eigenvalue weighted by Crippen LogP contribution is 2.37. The van der Waals surface area contributed by atoms with E-state index in [9.17, 15) is 13.2 Å². The van der Waals surface area contributed by atoms with E-state index in [0.717, 1.165) is 19.1 Å². The van der Waals surface area contributed by atoms with Crippen molar-refractivity contribution >= 4 is 15.7 Å². The number of hydrogen-bond acceptors (Lipinski definition) is 4. The lowest BCUT2D eigenvalue weighted by atomic mass is 9.96. The Morgan fingerprint density at radius 3 is 2.47 bits per heavy atom. The lowest BCUT2D eigenvalue weighted by molar-refractivity contribution is -0.126. The van der Waals surface area contributed by atoms with Gasteiger partial charge in [0.2, 0.25) is 5.91 Å². The van der Waals surface area contributed by atoms with Gasteiger partial charge in [-0.2, -0.15) is 0 Å². The van der Waals surface area contributed by atoms with Crippen molar-refractivity contribution in [3.05, 3.63) is 0 Å². The third kappa shape index (κ3) is 3.79. The van der Waals surface area contributed by atoms with Crippen LogP contribution in [0.4, 0.5) is 0 Å². The molecule has 1 unspecified atom stereocenters. The Labute approximate surface area is 90.3 Å². The maximum atomic E-state index is 11.6. The number of hydrogen-bond donors (Lipinski definition) is 2. The predicted molar refractivity (Wildman–Crippen MR) is 58.0 cm³/mol. The van der Waals surface area contributed by atoms with E-state index in [0.29, 0.717) is 0 Å². The summed E-state index contributed by atoms with van der Waals surface area (Å²) in [5, 5.41) is 2.56. The molecule has 0 spiro atoms. The topological polar surface area (TPSA) is 89.3 Å².